The second-order valence-corrected chi connectivity index (χ2v) is 4.46. The van der Waals surface area contributed by atoms with Gasteiger partial charge in [0.15, 0.2) is 0 Å². The van der Waals surface area contributed by atoms with Gasteiger partial charge in [-0.05, 0) is 31.5 Å². The maximum Gasteiger partial charge on any atom is 0.310 e. The van der Waals surface area contributed by atoms with Crippen molar-refractivity contribution >= 4 is 16.9 Å². The first-order chi connectivity index (χ1) is 9.08. The molecule has 0 bridgehead atoms. The number of aromatic nitrogens is 1. The van der Waals surface area contributed by atoms with Gasteiger partial charge in [0.1, 0.15) is 6.07 Å². The predicted molar refractivity (Wildman–Crippen MR) is 72.7 cm³/mol. The van der Waals surface area contributed by atoms with Gasteiger partial charge in [0.05, 0.1) is 18.6 Å². The van der Waals surface area contributed by atoms with Crippen LogP contribution < -0.4 is 0 Å². The lowest BCUT2D eigenvalue weighted by Crippen LogP contribution is -2.07. The molecule has 0 saturated heterocycles. The van der Waals surface area contributed by atoms with Crippen LogP contribution in [0.15, 0.2) is 18.2 Å². The molecule has 0 spiro atoms. The topological polar surface area (TPSA) is 55.0 Å². The van der Waals surface area contributed by atoms with E-state index in [4.69, 9.17) is 4.74 Å². The summed E-state index contributed by atoms with van der Waals surface area (Å²) in [5.41, 5.74) is 3.48. The molecule has 19 heavy (non-hydrogen) atoms. The van der Waals surface area contributed by atoms with Gasteiger partial charge in [-0.25, -0.2) is 0 Å². The molecule has 0 atom stereocenters. The Kier molecular flexibility index (Phi) is 3.57. The van der Waals surface area contributed by atoms with Gasteiger partial charge in [-0.1, -0.05) is 6.07 Å². The molecule has 4 nitrogen and oxygen atoms in total. The van der Waals surface area contributed by atoms with E-state index in [2.05, 4.69) is 6.07 Å². The zero-order valence-electron chi connectivity index (χ0n) is 11.4. The quantitative estimate of drug-likeness (QED) is 0.793. The van der Waals surface area contributed by atoms with Gasteiger partial charge >= 0.3 is 5.97 Å². The SMILES string of the molecule is CCOC(=O)Cc1ccc2c(c1)c(C#N)c(C)n2C. The van der Waals surface area contributed by atoms with Crippen LogP contribution in [0.25, 0.3) is 10.9 Å². The number of rotatable bonds is 3. The van der Waals surface area contributed by atoms with Gasteiger partial charge < -0.3 is 9.30 Å². The summed E-state index contributed by atoms with van der Waals surface area (Å²) in [6, 6.07) is 7.97. The third-order valence-corrected chi connectivity index (χ3v) is 3.32. The molecule has 0 aliphatic rings. The number of aryl methyl sites for hydroxylation is 1. The fourth-order valence-electron chi connectivity index (χ4n) is 2.25. The number of nitrogens with zero attached hydrogens (tertiary/aromatic N) is 2. The van der Waals surface area contributed by atoms with Crippen molar-refractivity contribution in [3.8, 4) is 6.07 Å². The average molecular weight is 256 g/mol. The Labute approximate surface area is 112 Å². The van der Waals surface area contributed by atoms with Crippen LogP contribution in [-0.4, -0.2) is 17.1 Å². The van der Waals surface area contributed by atoms with Crippen LogP contribution in [0.5, 0.6) is 0 Å². The molecule has 2 rings (SSSR count). The third kappa shape index (κ3) is 2.32. The van der Waals surface area contributed by atoms with E-state index < -0.39 is 0 Å². The summed E-state index contributed by atoms with van der Waals surface area (Å²) in [5.74, 6) is -0.243. The summed E-state index contributed by atoms with van der Waals surface area (Å²) in [6.07, 6.45) is 0.239. The van der Waals surface area contributed by atoms with Crippen molar-refractivity contribution in [2.45, 2.75) is 20.3 Å². The number of hydrogen-bond acceptors (Lipinski definition) is 3. The zero-order chi connectivity index (χ0) is 14.0. The van der Waals surface area contributed by atoms with Crippen LogP contribution in [0, 0.1) is 18.3 Å². The Balaban J connectivity index is 2.46. The number of carbonyl (C=O) groups excluding carboxylic acids is 1. The third-order valence-electron chi connectivity index (χ3n) is 3.32. The standard InChI is InChI=1S/C15H16N2O2/c1-4-19-15(18)8-11-5-6-14-12(7-11)13(9-16)10(2)17(14)3/h5-7H,4,8H2,1-3H3. The van der Waals surface area contributed by atoms with Crippen molar-refractivity contribution in [1.29, 1.82) is 5.26 Å². The first kappa shape index (κ1) is 13.2. The van der Waals surface area contributed by atoms with E-state index in [1.165, 1.54) is 0 Å². The highest BCUT2D eigenvalue weighted by Crippen LogP contribution is 2.25. The average Bonchev–Trinajstić information content (AvgIpc) is 2.61. The molecule has 0 fully saturated rings. The van der Waals surface area contributed by atoms with E-state index in [-0.39, 0.29) is 12.4 Å². The number of carbonyl (C=O) groups is 1. The molecule has 98 valence electrons. The Bertz CT molecular complexity index is 677. The van der Waals surface area contributed by atoms with E-state index in [0.717, 1.165) is 22.2 Å². The minimum absolute atomic E-state index is 0.239. The van der Waals surface area contributed by atoms with E-state index >= 15 is 0 Å². The molecule has 1 heterocycles. The van der Waals surface area contributed by atoms with E-state index in [9.17, 15) is 10.1 Å². The lowest BCUT2D eigenvalue weighted by Gasteiger charge is -2.03. The summed E-state index contributed by atoms with van der Waals surface area (Å²) in [4.78, 5) is 11.5. The molecule has 0 amide bonds. The van der Waals surface area contributed by atoms with Gasteiger partial charge in [0, 0.05) is 23.6 Å². The van der Waals surface area contributed by atoms with E-state index in [1.807, 2.05) is 36.7 Å². The lowest BCUT2D eigenvalue weighted by molar-refractivity contribution is -0.142. The molecule has 0 radical (unpaired) electrons. The molecular weight excluding hydrogens is 240 g/mol. The molecule has 4 heteroatoms. The highest BCUT2D eigenvalue weighted by atomic mass is 16.5. The number of nitriles is 1. The number of benzene rings is 1. The zero-order valence-corrected chi connectivity index (χ0v) is 11.4. The van der Waals surface area contributed by atoms with Gasteiger partial charge in [0.25, 0.3) is 0 Å². The van der Waals surface area contributed by atoms with Crippen LogP contribution in [0.1, 0.15) is 23.7 Å². The van der Waals surface area contributed by atoms with Crippen LogP contribution in [-0.2, 0) is 23.0 Å². The highest BCUT2D eigenvalue weighted by molar-refractivity contribution is 5.89. The lowest BCUT2D eigenvalue weighted by atomic mass is 10.1. The Morgan fingerprint density at radius 2 is 2.21 bits per heavy atom. The summed E-state index contributed by atoms with van der Waals surface area (Å²) >= 11 is 0. The van der Waals surface area contributed by atoms with Crippen LogP contribution in [0.3, 0.4) is 0 Å². The minimum Gasteiger partial charge on any atom is -0.466 e. The smallest absolute Gasteiger partial charge is 0.310 e. The van der Waals surface area contributed by atoms with Gasteiger partial charge in [-0.2, -0.15) is 5.26 Å². The molecule has 0 saturated carbocycles. The summed E-state index contributed by atoms with van der Waals surface area (Å²) < 4.78 is 6.92. The van der Waals surface area contributed by atoms with Crippen molar-refractivity contribution in [3.05, 3.63) is 35.0 Å². The molecule has 0 aliphatic heterocycles. The number of hydrogen-bond donors (Lipinski definition) is 0. The predicted octanol–water partition coefficient (Wildman–Crippen LogP) is 2.46. The first-order valence-electron chi connectivity index (χ1n) is 6.22. The minimum atomic E-state index is -0.243. The second kappa shape index (κ2) is 5.15. The maximum atomic E-state index is 11.5. The molecule has 0 N–H and O–H groups in total. The summed E-state index contributed by atoms with van der Waals surface area (Å²) in [7, 11) is 1.93. The molecule has 0 aliphatic carbocycles. The van der Waals surface area contributed by atoms with Crippen LogP contribution in [0.4, 0.5) is 0 Å². The second-order valence-electron chi connectivity index (χ2n) is 4.46. The number of fused-ring (bicyclic) bond motifs is 1. The van der Waals surface area contributed by atoms with Crippen molar-refractivity contribution in [1.82, 2.24) is 4.57 Å². The molecule has 2 aromatic rings. The molecule has 1 aromatic carbocycles. The van der Waals surface area contributed by atoms with Crippen LogP contribution in [0.2, 0.25) is 0 Å². The number of esters is 1. The first-order valence-corrected chi connectivity index (χ1v) is 6.22. The summed E-state index contributed by atoms with van der Waals surface area (Å²) in [6.45, 7) is 4.09. The van der Waals surface area contributed by atoms with Crippen LogP contribution >= 0.6 is 0 Å². The van der Waals surface area contributed by atoms with Crippen molar-refractivity contribution in [2.75, 3.05) is 6.61 Å². The summed E-state index contributed by atoms with van der Waals surface area (Å²) in [5, 5.41) is 10.1. The number of ether oxygens (including phenoxy) is 1. The van der Waals surface area contributed by atoms with E-state index in [0.29, 0.717) is 12.2 Å². The fraction of sp³-hybridized carbons (Fsp3) is 0.333. The molecular formula is C15H16N2O2. The largest absolute Gasteiger partial charge is 0.466 e. The molecule has 0 unspecified atom stereocenters. The Hall–Kier alpha value is -2.28. The van der Waals surface area contributed by atoms with Gasteiger partial charge in [0.2, 0.25) is 0 Å². The maximum absolute atomic E-state index is 11.5. The highest BCUT2D eigenvalue weighted by Gasteiger charge is 2.13. The van der Waals surface area contributed by atoms with Crippen molar-refractivity contribution < 1.29 is 9.53 Å². The fourth-order valence-corrected chi connectivity index (χ4v) is 2.25. The Morgan fingerprint density at radius 1 is 1.47 bits per heavy atom. The molecule has 1 aromatic heterocycles. The monoisotopic (exact) mass is 256 g/mol. The van der Waals surface area contributed by atoms with E-state index in [1.54, 1.807) is 6.92 Å². The van der Waals surface area contributed by atoms with Gasteiger partial charge in [-0.15, -0.1) is 0 Å². The van der Waals surface area contributed by atoms with Crippen molar-refractivity contribution in [2.24, 2.45) is 7.05 Å². The Morgan fingerprint density at radius 3 is 2.84 bits per heavy atom. The normalized spacial score (nSPS) is 10.4. The van der Waals surface area contributed by atoms with Crippen molar-refractivity contribution in [3.63, 3.8) is 0 Å². The van der Waals surface area contributed by atoms with Gasteiger partial charge in [-0.3, -0.25) is 4.79 Å².